The van der Waals surface area contributed by atoms with Crippen molar-refractivity contribution in [3.05, 3.63) is 76.3 Å². The normalized spacial score (nSPS) is 15.0. The van der Waals surface area contributed by atoms with E-state index in [0.29, 0.717) is 37.7 Å². The number of carbonyl (C=O) groups is 2. The molecular formula is C28H22Cl2F2N2O4. The zero-order valence-corrected chi connectivity index (χ0v) is 21.7. The van der Waals surface area contributed by atoms with Gasteiger partial charge in [0.1, 0.15) is 5.58 Å². The summed E-state index contributed by atoms with van der Waals surface area (Å²) >= 11 is 12.5. The Morgan fingerprint density at radius 3 is 2.16 bits per heavy atom. The number of alkyl halides is 2. The van der Waals surface area contributed by atoms with Crippen LogP contribution in [0.4, 0.5) is 19.5 Å². The van der Waals surface area contributed by atoms with Crippen molar-refractivity contribution in [1.29, 1.82) is 0 Å². The number of nitrogens with zero attached hydrogens (tertiary/aromatic N) is 2. The standard InChI is InChI=1S/C28H22Cl2F2N2O4/c1-33(27(36)37)24-14-20-10-18(13-23(25(20)38-24)19-11-21(29)15-22(30)12-19)16-2-4-17(5-3-16)26(35)34-8-6-28(31,32)7-9-34/h2-5,10-15H,6-9H2,1H3,(H,36,37). The fraction of sp³-hybridized carbons (Fsp3) is 0.214. The van der Waals surface area contributed by atoms with Crippen molar-refractivity contribution in [2.45, 2.75) is 18.8 Å². The van der Waals surface area contributed by atoms with E-state index in [-0.39, 0.29) is 37.7 Å². The number of piperidine rings is 1. The van der Waals surface area contributed by atoms with Crippen LogP contribution in [0, 0.1) is 0 Å². The highest BCUT2D eigenvalue weighted by Crippen LogP contribution is 2.39. The number of furan rings is 1. The van der Waals surface area contributed by atoms with E-state index in [1.807, 2.05) is 12.1 Å². The Morgan fingerprint density at radius 1 is 0.921 bits per heavy atom. The van der Waals surface area contributed by atoms with Gasteiger partial charge in [-0.2, -0.15) is 0 Å². The van der Waals surface area contributed by atoms with E-state index < -0.39 is 12.0 Å². The van der Waals surface area contributed by atoms with Crippen LogP contribution in [0.2, 0.25) is 10.0 Å². The molecule has 10 heteroatoms. The van der Waals surface area contributed by atoms with Gasteiger partial charge in [0.05, 0.1) is 0 Å². The molecule has 2 amide bonds. The van der Waals surface area contributed by atoms with E-state index in [2.05, 4.69) is 0 Å². The predicted molar refractivity (Wildman–Crippen MR) is 144 cm³/mol. The molecule has 1 saturated heterocycles. The number of rotatable bonds is 4. The van der Waals surface area contributed by atoms with Crippen LogP contribution < -0.4 is 4.90 Å². The van der Waals surface area contributed by atoms with Crippen LogP contribution >= 0.6 is 23.2 Å². The number of anilines is 1. The van der Waals surface area contributed by atoms with Crippen molar-refractivity contribution in [1.82, 2.24) is 4.90 Å². The van der Waals surface area contributed by atoms with Gasteiger partial charge in [-0.15, -0.1) is 0 Å². The minimum atomic E-state index is -2.73. The molecule has 1 aliphatic rings. The first kappa shape index (κ1) is 26.0. The highest BCUT2D eigenvalue weighted by atomic mass is 35.5. The average molecular weight is 559 g/mol. The van der Waals surface area contributed by atoms with Crippen LogP contribution in [0.3, 0.4) is 0 Å². The molecule has 6 nitrogen and oxygen atoms in total. The van der Waals surface area contributed by atoms with Gasteiger partial charge in [0.25, 0.3) is 11.8 Å². The first-order chi connectivity index (χ1) is 18.0. The number of halogens is 4. The number of likely N-dealkylation sites (tertiary alicyclic amines) is 1. The Hall–Kier alpha value is -3.62. The average Bonchev–Trinajstić information content (AvgIpc) is 3.31. The lowest BCUT2D eigenvalue weighted by atomic mass is 9.96. The molecule has 2 heterocycles. The van der Waals surface area contributed by atoms with Gasteiger partial charge in [-0.05, 0) is 59.2 Å². The Balaban J connectivity index is 1.54. The van der Waals surface area contributed by atoms with Gasteiger partial charge in [0.15, 0.2) is 0 Å². The second-order valence-corrected chi connectivity index (χ2v) is 10.1. The number of hydrogen-bond acceptors (Lipinski definition) is 3. The molecule has 1 aromatic heterocycles. The summed E-state index contributed by atoms with van der Waals surface area (Å²) in [7, 11) is 1.39. The van der Waals surface area contributed by atoms with Gasteiger partial charge in [-0.1, -0.05) is 35.3 Å². The van der Waals surface area contributed by atoms with Gasteiger partial charge in [-0.25, -0.2) is 13.6 Å². The van der Waals surface area contributed by atoms with Crippen molar-refractivity contribution in [3.8, 4) is 22.3 Å². The van der Waals surface area contributed by atoms with Gasteiger partial charge < -0.3 is 14.4 Å². The van der Waals surface area contributed by atoms with E-state index in [0.717, 1.165) is 16.0 Å². The topological polar surface area (TPSA) is 74.0 Å². The van der Waals surface area contributed by atoms with Crippen LogP contribution in [-0.2, 0) is 0 Å². The van der Waals surface area contributed by atoms with E-state index in [4.69, 9.17) is 27.6 Å². The third-order valence-electron chi connectivity index (χ3n) is 6.64. The van der Waals surface area contributed by atoms with Gasteiger partial charge in [0, 0.05) is 65.6 Å². The Labute approximate surface area is 227 Å². The fourth-order valence-electron chi connectivity index (χ4n) is 4.51. The largest absolute Gasteiger partial charge is 0.465 e. The summed E-state index contributed by atoms with van der Waals surface area (Å²) in [6, 6.07) is 17.4. The molecule has 1 N–H and O–H groups in total. The summed E-state index contributed by atoms with van der Waals surface area (Å²) in [5, 5.41) is 10.9. The molecule has 1 fully saturated rings. The zero-order chi connectivity index (χ0) is 27.2. The SMILES string of the molecule is CN(C(=O)O)c1cc2cc(-c3ccc(C(=O)N4CCC(F)(F)CC4)cc3)cc(-c3cc(Cl)cc(Cl)c3)c2o1. The lowest BCUT2D eigenvalue weighted by Crippen LogP contribution is -2.42. The molecule has 38 heavy (non-hydrogen) atoms. The van der Waals surface area contributed by atoms with E-state index in [1.54, 1.807) is 48.5 Å². The van der Waals surface area contributed by atoms with Gasteiger partial charge in [-0.3, -0.25) is 9.69 Å². The first-order valence-electron chi connectivity index (χ1n) is 11.8. The smallest absolute Gasteiger partial charge is 0.413 e. The molecule has 196 valence electrons. The number of carbonyl (C=O) groups excluding carboxylic acids is 1. The minimum absolute atomic E-state index is 0.0173. The molecule has 5 rings (SSSR count). The lowest BCUT2D eigenvalue weighted by molar-refractivity contribution is -0.0494. The monoisotopic (exact) mass is 558 g/mol. The Morgan fingerprint density at radius 2 is 1.55 bits per heavy atom. The van der Waals surface area contributed by atoms with Crippen molar-refractivity contribution in [3.63, 3.8) is 0 Å². The van der Waals surface area contributed by atoms with E-state index >= 15 is 0 Å². The molecule has 0 unspecified atom stereocenters. The van der Waals surface area contributed by atoms with Crippen molar-refractivity contribution >= 4 is 52.1 Å². The minimum Gasteiger partial charge on any atom is -0.465 e. The summed E-state index contributed by atoms with van der Waals surface area (Å²) in [4.78, 5) is 26.8. The molecule has 4 aromatic rings. The van der Waals surface area contributed by atoms with Crippen molar-refractivity contribution < 1.29 is 27.9 Å². The quantitative estimate of drug-likeness (QED) is 0.275. The van der Waals surface area contributed by atoms with Crippen LogP contribution in [-0.4, -0.2) is 48.1 Å². The molecule has 3 aromatic carbocycles. The molecule has 0 bridgehead atoms. The second kappa shape index (κ2) is 9.93. The maximum atomic E-state index is 13.5. The van der Waals surface area contributed by atoms with Crippen LogP contribution in [0.1, 0.15) is 23.2 Å². The van der Waals surface area contributed by atoms with Crippen molar-refractivity contribution in [2.24, 2.45) is 0 Å². The number of amides is 2. The van der Waals surface area contributed by atoms with Crippen LogP contribution in [0.5, 0.6) is 0 Å². The highest BCUT2D eigenvalue weighted by molar-refractivity contribution is 6.35. The Bertz CT molecular complexity index is 1520. The third-order valence-corrected chi connectivity index (χ3v) is 7.08. The number of fused-ring (bicyclic) bond motifs is 1. The zero-order valence-electron chi connectivity index (χ0n) is 20.2. The molecule has 0 aliphatic carbocycles. The summed E-state index contributed by atoms with van der Waals surface area (Å²) in [5.74, 6) is -2.86. The maximum Gasteiger partial charge on any atom is 0.413 e. The molecule has 0 radical (unpaired) electrons. The summed E-state index contributed by atoms with van der Waals surface area (Å²) < 4.78 is 32.9. The van der Waals surface area contributed by atoms with Crippen LogP contribution in [0.15, 0.2) is 65.1 Å². The maximum absolute atomic E-state index is 13.5. The summed E-state index contributed by atoms with van der Waals surface area (Å²) in [6.07, 6.45) is -1.84. The second-order valence-electron chi connectivity index (χ2n) is 9.25. The molecule has 0 spiro atoms. The number of hydrogen-bond donors (Lipinski definition) is 1. The molecule has 0 saturated carbocycles. The highest BCUT2D eigenvalue weighted by Gasteiger charge is 2.35. The van der Waals surface area contributed by atoms with E-state index in [9.17, 15) is 23.5 Å². The number of benzene rings is 3. The molecular weight excluding hydrogens is 537 g/mol. The summed E-state index contributed by atoms with van der Waals surface area (Å²) in [6.45, 7) is 0.0346. The van der Waals surface area contributed by atoms with E-state index in [1.165, 1.54) is 11.9 Å². The lowest BCUT2D eigenvalue weighted by Gasteiger charge is -2.31. The Kier molecular flexibility index (Phi) is 6.79. The first-order valence-corrected chi connectivity index (χ1v) is 12.5. The molecule has 0 atom stereocenters. The van der Waals surface area contributed by atoms with Crippen molar-refractivity contribution in [2.75, 3.05) is 25.0 Å². The van der Waals surface area contributed by atoms with Gasteiger partial charge >= 0.3 is 6.09 Å². The van der Waals surface area contributed by atoms with Gasteiger partial charge in [0.2, 0.25) is 5.88 Å². The third kappa shape index (κ3) is 5.19. The fourth-order valence-corrected chi connectivity index (χ4v) is 5.04. The van der Waals surface area contributed by atoms with Crippen LogP contribution in [0.25, 0.3) is 33.2 Å². The molecule has 1 aliphatic heterocycles. The summed E-state index contributed by atoms with van der Waals surface area (Å²) in [5.41, 5.74) is 3.78. The predicted octanol–water partition coefficient (Wildman–Crippen LogP) is 8.06. The number of carboxylic acid groups (broad SMARTS) is 1.